The first-order valence-electron chi connectivity index (χ1n) is 6.33. The van der Waals surface area contributed by atoms with Gasteiger partial charge in [-0.3, -0.25) is 10.1 Å². The summed E-state index contributed by atoms with van der Waals surface area (Å²) in [5, 5.41) is 7.16. The Bertz CT molecular complexity index is 822. The van der Waals surface area contributed by atoms with E-state index in [0.29, 0.717) is 10.9 Å². The first-order chi connectivity index (χ1) is 10.6. The maximum absolute atomic E-state index is 11.8. The first-order valence-corrected chi connectivity index (χ1v) is 8.80. The molecule has 1 aromatic heterocycles. The van der Waals surface area contributed by atoms with E-state index < -0.39 is 0 Å². The lowest BCUT2D eigenvalue weighted by atomic mass is 10.1. The summed E-state index contributed by atoms with van der Waals surface area (Å²) in [7, 11) is 0. The highest BCUT2D eigenvalue weighted by Crippen LogP contribution is 2.34. The largest absolute Gasteiger partial charge is 0.483 e. The number of carbonyl (C=O) groups is 1. The van der Waals surface area contributed by atoms with Gasteiger partial charge in [-0.2, -0.15) is 0 Å². The number of anilines is 1. The van der Waals surface area contributed by atoms with Gasteiger partial charge in [-0.1, -0.05) is 28.1 Å². The standard InChI is InChI=1S/C15H10Br2N2O2S/c16-10-2-3-11-9(7-10)1-4-12(14(11)17)21-8-13(20)19-15-18-5-6-22-15/h1-7H,8H2,(H,18,19,20). The maximum atomic E-state index is 11.8. The number of halogens is 2. The van der Waals surface area contributed by atoms with Crippen LogP contribution in [0.15, 0.2) is 50.9 Å². The molecule has 2 aromatic carbocycles. The molecule has 0 atom stereocenters. The summed E-state index contributed by atoms with van der Waals surface area (Å²) in [4.78, 5) is 15.8. The predicted octanol–water partition coefficient (Wildman–Crippen LogP) is 4.84. The molecule has 4 nitrogen and oxygen atoms in total. The molecule has 0 bridgehead atoms. The molecular weight excluding hydrogens is 432 g/mol. The van der Waals surface area contributed by atoms with Crippen LogP contribution in [0, 0.1) is 0 Å². The van der Waals surface area contributed by atoms with Gasteiger partial charge in [-0.25, -0.2) is 4.98 Å². The van der Waals surface area contributed by atoms with Gasteiger partial charge in [0.15, 0.2) is 11.7 Å². The highest BCUT2D eigenvalue weighted by atomic mass is 79.9. The van der Waals surface area contributed by atoms with Gasteiger partial charge in [0.25, 0.3) is 5.91 Å². The van der Waals surface area contributed by atoms with E-state index in [1.165, 1.54) is 11.3 Å². The average molecular weight is 442 g/mol. The average Bonchev–Trinajstić information content (AvgIpc) is 2.99. The zero-order chi connectivity index (χ0) is 15.5. The Kier molecular flexibility index (Phi) is 4.75. The van der Waals surface area contributed by atoms with E-state index in [9.17, 15) is 4.79 Å². The highest BCUT2D eigenvalue weighted by molar-refractivity contribution is 9.11. The molecule has 0 saturated heterocycles. The van der Waals surface area contributed by atoms with Gasteiger partial charge < -0.3 is 4.74 Å². The first kappa shape index (κ1) is 15.5. The topological polar surface area (TPSA) is 51.2 Å². The van der Waals surface area contributed by atoms with Gasteiger partial charge in [0.1, 0.15) is 5.75 Å². The van der Waals surface area contributed by atoms with Crippen LogP contribution >= 0.6 is 43.2 Å². The van der Waals surface area contributed by atoms with Crippen molar-refractivity contribution < 1.29 is 9.53 Å². The van der Waals surface area contributed by atoms with E-state index >= 15 is 0 Å². The van der Waals surface area contributed by atoms with Crippen LogP contribution < -0.4 is 10.1 Å². The minimum Gasteiger partial charge on any atom is -0.483 e. The quantitative estimate of drug-likeness (QED) is 0.630. The molecule has 3 rings (SSSR count). The van der Waals surface area contributed by atoms with Crippen molar-refractivity contribution in [3.05, 3.63) is 50.9 Å². The number of benzene rings is 2. The molecule has 0 fully saturated rings. The minimum atomic E-state index is -0.238. The fourth-order valence-corrected chi connectivity index (χ4v) is 3.47. The van der Waals surface area contributed by atoms with Gasteiger partial charge >= 0.3 is 0 Å². The van der Waals surface area contributed by atoms with E-state index in [0.717, 1.165) is 19.7 Å². The molecule has 22 heavy (non-hydrogen) atoms. The third-order valence-electron chi connectivity index (χ3n) is 2.92. The van der Waals surface area contributed by atoms with E-state index in [1.807, 2.05) is 30.3 Å². The number of nitrogens with one attached hydrogen (secondary N) is 1. The molecule has 1 N–H and O–H groups in total. The smallest absolute Gasteiger partial charge is 0.264 e. The van der Waals surface area contributed by atoms with Crippen LogP contribution in [-0.2, 0) is 4.79 Å². The lowest BCUT2D eigenvalue weighted by Gasteiger charge is -2.10. The molecule has 1 amide bonds. The molecule has 0 saturated carbocycles. The normalized spacial score (nSPS) is 10.6. The number of carbonyl (C=O) groups excluding carboxylic acids is 1. The third kappa shape index (κ3) is 3.48. The Morgan fingerprint density at radius 1 is 1.27 bits per heavy atom. The number of rotatable bonds is 4. The van der Waals surface area contributed by atoms with Crippen molar-refractivity contribution in [2.45, 2.75) is 0 Å². The molecular formula is C15H10Br2N2O2S. The fourth-order valence-electron chi connectivity index (χ4n) is 1.94. The minimum absolute atomic E-state index is 0.0692. The number of fused-ring (bicyclic) bond motifs is 1. The summed E-state index contributed by atoms with van der Waals surface area (Å²) in [6, 6.07) is 9.78. The fraction of sp³-hybridized carbons (Fsp3) is 0.0667. The number of amides is 1. The van der Waals surface area contributed by atoms with Crippen molar-refractivity contribution in [3.63, 3.8) is 0 Å². The molecule has 0 aliphatic carbocycles. The number of aromatic nitrogens is 1. The van der Waals surface area contributed by atoms with Gasteiger partial charge in [0.2, 0.25) is 0 Å². The van der Waals surface area contributed by atoms with Crippen molar-refractivity contribution in [1.29, 1.82) is 0 Å². The van der Waals surface area contributed by atoms with Crippen LogP contribution in [0.3, 0.4) is 0 Å². The van der Waals surface area contributed by atoms with Crippen molar-refractivity contribution >= 4 is 65.0 Å². The summed E-state index contributed by atoms with van der Waals surface area (Å²) < 4.78 is 7.44. The van der Waals surface area contributed by atoms with Crippen LogP contribution in [0.25, 0.3) is 10.8 Å². The molecule has 0 radical (unpaired) electrons. The molecule has 0 spiro atoms. The van der Waals surface area contributed by atoms with E-state index in [-0.39, 0.29) is 12.5 Å². The molecule has 0 aliphatic rings. The number of ether oxygens (including phenoxy) is 1. The summed E-state index contributed by atoms with van der Waals surface area (Å²) >= 11 is 8.35. The Morgan fingerprint density at radius 3 is 2.91 bits per heavy atom. The summed E-state index contributed by atoms with van der Waals surface area (Å²) in [5.74, 6) is 0.391. The highest BCUT2D eigenvalue weighted by Gasteiger charge is 2.10. The Labute approximate surface area is 147 Å². The SMILES string of the molecule is O=C(COc1ccc2cc(Br)ccc2c1Br)Nc1nccs1. The number of nitrogens with zero attached hydrogens (tertiary/aromatic N) is 1. The zero-order valence-corrected chi connectivity index (χ0v) is 15.2. The molecule has 1 heterocycles. The maximum Gasteiger partial charge on any atom is 0.264 e. The van der Waals surface area contributed by atoms with E-state index in [1.54, 1.807) is 11.6 Å². The van der Waals surface area contributed by atoms with Gasteiger partial charge in [-0.05, 0) is 44.9 Å². The number of thiazole rings is 1. The van der Waals surface area contributed by atoms with Crippen LogP contribution in [0.1, 0.15) is 0 Å². The Balaban J connectivity index is 1.72. The molecule has 3 aromatic rings. The van der Waals surface area contributed by atoms with Crippen LogP contribution in [0.4, 0.5) is 5.13 Å². The molecule has 0 aliphatic heterocycles. The lowest BCUT2D eigenvalue weighted by Crippen LogP contribution is -2.20. The van der Waals surface area contributed by atoms with Gasteiger partial charge in [0, 0.05) is 16.0 Å². The van der Waals surface area contributed by atoms with Crippen molar-refractivity contribution in [2.75, 3.05) is 11.9 Å². The van der Waals surface area contributed by atoms with Crippen LogP contribution in [0.2, 0.25) is 0 Å². The van der Waals surface area contributed by atoms with Crippen molar-refractivity contribution in [2.24, 2.45) is 0 Å². The Morgan fingerprint density at radius 2 is 2.14 bits per heavy atom. The second kappa shape index (κ2) is 6.76. The number of hydrogen-bond acceptors (Lipinski definition) is 4. The molecule has 112 valence electrons. The molecule has 0 unspecified atom stereocenters. The van der Waals surface area contributed by atoms with Crippen LogP contribution in [0.5, 0.6) is 5.75 Å². The van der Waals surface area contributed by atoms with E-state index in [2.05, 4.69) is 42.2 Å². The van der Waals surface area contributed by atoms with Gasteiger partial charge in [0.05, 0.1) is 4.47 Å². The van der Waals surface area contributed by atoms with Gasteiger partial charge in [-0.15, -0.1) is 11.3 Å². The van der Waals surface area contributed by atoms with Crippen molar-refractivity contribution in [1.82, 2.24) is 4.98 Å². The summed E-state index contributed by atoms with van der Waals surface area (Å²) in [6.45, 7) is -0.0692. The molecule has 7 heteroatoms. The summed E-state index contributed by atoms with van der Waals surface area (Å²) in [5.41, 5.74) is 0. The summed E-state index contributed by atoms with van der Waals surface area (Å²) in [6.07, 6.45) is 1.64. The Hall–Kier alpha value is -1.44. The zero-order valence-electron chi connectivity index (χ0n) is 11.2. The predicted molar refractivity (Wildman–Crippen MR) is 95.6 cm³/mol. The van der Waals surface area contributed by atoms with Crippen molar-refractivity contribution in [3.8, 4) is 5.75 Å². The second-order valence-corrected chi connectivity index (χ2v) is 7.02. The van der Waals surface area contributed by atoms with Crippen LogP contribution in [-0.4, -0.2) is 17.5 Å². The van der Waals surface area contributed by atoms with E-state index in [4.69, 9.17) is 4.74 Å². The number of hydrogen-bond donors (Lipinski definition) is 1. The monoisotopic (exact) mass is 440 g/mol. The lowest BCUT2D eigenvalue weighted by molar-refractivity contribution is -0.118. The third-order valence-corrected chi connectivity index (χ3v) is 4.92. The second-order valence-electron chi connectivity index (χ2n) is 4.42.